The van der Waals surface area contributed by atoms with Crippen LogP contribution in [0.2, 0.25) is 0 Å². The molecule has 0 unspecified atom stereocenters. The molecule has 2 aliphatic rings. The molecule has 1 aromatic heterocycles. The maximum atomic E-state index is 11.7. The third-order valence-electron chi connectivity index (χ3n) is 6.14. The van der Waals surface area contributed by atoms with E-state index in [0.717, 1.165) is 0 Å². The van der Waals surface area contributed by atoms with Gasteiger partial charge in [-0.2, -0.15) is 0 Å². The number of fused-ring (bicyclic) bond motifs is 1. The fraction of sp³-hybridized carbons (Fsp3) is 0.591. The van der Waals surface area contributed by atoms with Crippen LogP contribution in [0.3, 0.4) is 0 Å². The van der Waals surface area contributed by atoms with Gasteiger partial charge in [0.25, 0.3) is 0 Å². The van der Waals surface area contributed by atoms with Crippen LogP contribution in [0.4, 0.5) is 0 Å². The van der Waals surface area contributed by atoms with E-state index in [-0.39, 0.29) is 11.3 Å². The molecule has 7 N–H and O–H groups in total. The quantitative estimate of drug-likeness (QED) is 0.199. The van der Waals surface area contributed by atoms with Gasteiger partial charge in [0.1, 0.15) is 60.2 Å². The summed E-state index contributed by atoms with van der Waals surface area (Å²) in [5, 5.41) is 71.1. The highest BCUT2D eigenvalue weighted by Gasteiger charge is 2.51. The Morgan fingerprint density at radius 3 is 2.17 bits per heavy atom. The van der Waals surface area contributed by atoms with Crippen LogP contribution in [0, 0.1) is 6.92 Å². The van der Waals surface area contributed by atoms with Crippen molar-refractivity contribution < 1.29 is 59.1 Å². The average Bonchev–Trinajstić information content (AvgIpc) is 2.83. The molecule has 1 aromatic carbocycles. The first kappa shape index (κ1) is 25.9. The minimum absolute atomic E-state index is 0.146. The molecule has 0 aliphatic carbocycles. The molecule has 2 saturated heterocycles. The van der Waals surface area contributed by atoms with Gasteiger partial charge in [-0.25, -0.2) is 4.79 Å². The second kappa shape index (κ2) is 10.4. The lowest BCUT2D eigenvalue weighted by Crippen LogP contribution is -2.65. The number of aryl methyl sites for hydroxylation is 1. The first-order chi connectivity index (χ1) is 16.6. The van der Waals surface area contributed by atoms with Crippen LogP contribution in [0.5, 0.6) is 5.75 Å². The standard InChI is InChI=1S/C22H28O13/c1-8-4-14(25)32-11-5-9(2-3-10(8)11)31-21-19(30)17(28)20(13(7-24)34-21)35-22-18(29)16(27)15(26)12(6-23)33-22/h2-5,12-13,15-24,26-30H,6-7H2,1H3/t12-,13-,15+,16+,17-,18-,19-,20-,21-,22+/m1/s1. The van der Waals surface area contributed by atoms with Gasteiger partial charge < -0.3 is 59.1 Å². The van der Waals surface area contributed by atoms with Crippen LogP contribution < -0.4 is 10.4 Å². The smallest absolute Gasteiger partial charge is 0.336 e. The van der Waals surface area contributed by atoms with Crippen molar-refractivity contribution in [3.05, 3.63) is 40.2 Å². The SMILES string of the molecule is Cc1cc(=O)oc2cc(O[C@@H]3O[C@H](CO)[C@@H](O[C@@H]4O[C@H](CO)[C@H](O)[C@H](O)[C@H]4O)[C@H](O)[C@H]3O)ccc12. The molecule has 0 spiro atoms. The fourth-order valence-corrected chi connectivity index (χ4v) is 4.17. The van der Waals surface area contributed by atoms with Crippen LogP contribution in [-0.2, 0) is 14.2 Å². The van der Waals surface area contributed by atoms with E-state index in [1.807, 2.05) is 0 Å². The highest BCUT2D eigenvalue weighted by molar-refractivity contribution is 5.81. The predicted octanol–water partition coefficient (Wildman–Crippen LogP) is -2.90. The Bertz CT molecular complexity index is 1070. The lowest BCUT2D eigenvalue weighted by Gasteiger charge is -2.45. The number of hydrogen-bond donors (Lipinski definition) is 7. The lowest BCUT2D eigenvalue weighted by atomic mass is 9.97. The monoisotopic (exact) mass is 500 g/mol. The van der Waals surface area contributed by atoms with Crippen molar-refractivity contribution in [2.24, 2.45) is 0 Å². The molecule has 13 heteroatoms. The fourth-order valence-electron chi connectivity index (χ4n) is 4.17. The van der Waals surface area contributed by atoms with E-state index >= 15 is 0 Å². The summed E-state index contributed by atoms with van der Waals surface area (Å²) in [4.78, 5) is 11.7. The highest BCUT2D eigenvalue weighted by atomic mass is 16.7. The molecule has 13 nitrogen and oxygen atoms in total. The van der Waals surface area contributed by atoms with E-state index < -0.39 is 80.3 Å². The van der Waals surface area contributed by atoms with Gasteiger partial charge in [0, 0.05) is 17.5 Å². The zero-order chi connectivity index (χ0) is 25.4. The summed E-state index contributed by atoms with van der Waals surface area (Å²) in [5.74, 6) is 0.146. The van der Waals surface area contributed by atoms with Crippen molar-refractivity contribution in [3.8, 4) is 5.75 Å². The van der Waals surface area contributed by atoms with Gasteiger partial charge in [0.2, 0.25) is 6.29 Å². The van der Waals surface area contributed by atoms with Crippen LogP contribution in [-0.4, -0.2) is 110 Å². The summed E-state index contributed by atoms with van der Waals surface area (Å²) in [6.45, 7) is 0.352. The van der Waals surface area contributed by atoms with E-state index in [2.05, 4.69) is 0 Å². The second-order valence-electron chi connectivity index (χ2n) is 8.53. The zero-order valence-corrected chi connectivity index (χ0v) is 18.6. The minimum atomic E-state index is -1.76. The number of benzene rings is 1. The average molecular weight is 500 g/mol. The molecular formula is C22H28O13. The second-order valence-corrected chi connectivity index (χ2v) is 8.53. The Labute approximate surface area is 198 Å². The summed E-state index contributed by atoms with van der Waals surface area (Å²) in [6, 6.07) is 5.94. The molecule has 4 rings (SSSR count). The molecule has 0 saturated carbocycles. The largest absolute Gasteiger partial charge is 0.462 e. The third-order valence-corrected chi connectivity index (χ3v) is 6.14. The van der Waals surface area contributed by atoms with Crippen molar-refractivity contribution in [1.29, 1.82) is 0 Å². The van der Waals surface area contributed by atoms with E-state index in [0.29, 0.717) is 10.9 Å². The van der Waals surface area contributed by atoms with E-state index in [4.69, 9.17) is 23.4 Å². The van der Waals surface area contributed by atoms with Crippen LogP contribution >= 0.6 is 0 Å². The summed E-state index contributed by atoms with van der Waals surface area (Å²) in [6.07, 6.45) is -15.6. The summed E-state index contributed by atoms with van der Waals surface area (Å²) in [5.41, 5.74) is 0.381. The van der Waals surface area contributed by atoms with Gasteiger partial charge in [0.15, 0.2) is 6.29 Å². The zero-order valence-electron chi connectivity index (χ0n) is 18.6. The normalized spacial score (nSPS) is 37.9. The Morgan fingerprint density at radius 2 is 1.49 bits per heavy atom. The molecule has 194 valence electrons. The van der Waals surface area contributed by atoms with Crippen LogP contribution in [0.15, 0.2) is 33.5 Å². The van der Waals surface area contributed by atoms with Crippen molar-refractivity contribution in [1.82, 2.24) is 0 Å². The number of hydrogen-bond acceptors (Lipinski definition) is 13. The first-order valence-corrected chi connectivity index (χ1v) is 10.9. The summed E-state index contributed by atoms with van der Waals surface area (Å²) in [7, 11) is 0. The first-order valence-electron chi connectivity index (χ1n) is 10.9. The Balaban J connectivity index is 1.50. The maximum Gasteiger partial charge on any atom is 0.336 e. The van der Waals surface area contributed by atoms with Gasteiger partial charge >= 0.3 is 5.63 Å². The number of aliphatic hydroxyl groups is 7. The van der Waals surface area contributed by atoms with Gasteiger partial charge in [-0.15, -0.1) is 0 Å². The molecule has 0 bridgehead atoms. The highest BCUT2D eigenvalue weighted by Crippen LogP contribution is 2.31. The molecule has 2 aromatic rings. The molecule has 2 fully saturated rings. The van der Waals surface area contributed by atoms with Gasteiger partial charge in [-0.1, -0.05) is 0 Å². The minimum Gasteiger partial charge on any atom is -0.462 e. The van der Waals surface area contributed by atoms with Crippen molar-refractivity contribution in [2.75, 3.05) is 13.2 Å². The van der Waals surface area contributed by atoms with Crippen molar-refractivity contribution >= 4 is 11.0 Å². The molecule has 0 amide bonds. The predicted molar refractivity (Wildman–Crippen MR) is 114 cm³/mol. The van der Waals surface area contributed by atoms with Crippen molar-refractivity contribution in [2.45, 2.75) is 68.3 Å². The lowest BCUT2D eigenvalue weighted by molar-refractivity contribution is -0.352. The van der Waals surface area contributed by atoms with Crippen molar-refractivity contribution in [3.63, 3.8) is 0 Å². The molecule has 3 heterocycles. The Kier molecular flexibility index (Phi) is 7.73. The van der Waals surface area contributed by atoms with E-state index in [9.17, 15) is 40.5 Å². The molecular weight excluding hydrogens is 472 g/mol. The van der Waals surface area contributed by atoms with Crippen LogP contribution in [0.25, 0.3) is 11.0 Å². The number of rotatable bonds is 6. The summed E-state index contributed by atoms with van der Waals surface area (Å²) >= 11 is 0. The molecule has 0 radical (unpaired) electrons. The van der Waals surface area contributed by atoms with Gasteiger partial charge in [0.05, 0.1) is 13.2 Å². The van der Waals surface area contributed by atoms with E-state index in [1.54, 1.807) is 19.1 Å². The van der Waals surface area contributed by atoms with Gasteiger partial charge in [-0.3, -0.25) is 0 Å². The van der Waals surface area contributed by atoms with E-state index in [1.165, 1.54) is 12.1 Å². The maximum absolute atomic E-state index is 11.7. The Hall–Kier alpha value is -2.17. The van der Waals surface area contributed by atoms with Crippen LogP contribution in [0.1, 0.15) is 5.56 Å². The third kappa shape index (κ3) is 5.06. The molecule has 35 heavy (non-hydrogen) atoms. The Morgan fingerprint density at radius 1 is 0.829 bits per heavy atom. The summed E-state index contributed by atoms with van der Waals surface area (Å²) < 4.78 is 27.1. The number of ether oxygens (including phenoxy) is 4. The topological polar surface area (TPSA) is 209 Å². The molecule has 10 atom stereocenters. The van der Waals surface area contributed by atoms with Gasteiger partial charge in [-0.05, 0) is 24.6 Å². The molecule has 2 aliphatic heterocycles. The number of aliphatic hydroxyl groups excluding tert-OH is 7.